The summed E-state index contributed by atoms with van der Waals surface area (Å²) in [6.45, 7) is 3.79. The number of nitrogens with zero attached hydrogens (tertiary/aromatic N) is 2. The van der Waals surface area contributed by atoms with E-state index in [1.165, 1.54) is 28.4 Å². The van der Waals surface area contributed by atoms with Crippen LogP contribution in [0.2, 0.25) is 5.02 Å². The molecule has 2 aliphatic rings. The fourth-order valence-electron chi connectivity index (χ4n) is 4.93. The largest absolute Gasteiger partial charge is 0.507 e. The molecule has 38 heavy (non-hydrogen) atoms. The smallest absolute Gasteiger partial charge is 0.269 e. The molecule has 3 aromatic carbocycles. The number of nitrogens with one attached hydrogen (secondary N) is 1. The lowest BCUT2D eigenvalue weighted by molar-refractivity contribution is 0.101. The van der Waals surface area contributed by atoms with E-state index in [4.69, 9.17) is 16.3 Å². The van der Waals surface area contributed by atoms with Crippen molar-refractivity contribution in [3.05, 3.63) is 94.3 Å². The highest BCUT2D eigenvalue weighted by Gasteiger charge is 2.32. The second-order valence-corrected chi connectivity index (χ2v) is 11.4. The highest BCUT2D eigenvalue weighted by Crippen LogP contribution is 2.41. The number of carbonyl (C=O) groups excluding carboxylic acids is 1. The zero-order valence-corrected chi connectivity index (χ0v) is 21.8. The monoisotopic (exact) mass is 549 g/mol. The van der Waals surface area contributed by atoms with Gasteiger partial charge in [0.05, 0.1) is 21.7 Å². The maximum absolute atomic E-state index is 13.6. The number of aromatic hydroxyl groups is 1. The first kappa shape index (κ1) is 24.7. The number of fused-ring (bicyclic) bond motifs is 2. The van der Waals surface area contributed by atoms with Crippen molar-refractivity contribution in [2.75, 3.05) is 26.2 Å². The molecule has 0 amide bonds. The molecule has 0 radical (unpaired) electrons. The molecule has 0 saturated carbocycles. The molecular formula is C28H24ClN3O5S. The number of phenols is 1. The Labute approximate surface area is 224 Å². The van der Waals surface area contributed by atoms with Crippen LogP contribution in [-0.4, -0.2) is 54.4 Å². The van der Waals surface area contributed by atoms with Gasteiger partial charge in [-0.15, -0.1) is 0 Å². The predicted molar refractivity (Wildman–Crippen MR) is 145 cm³/mol. The number of Topliss-reactive ketones (excluding diaryl/α,β-unsaturated/α-hetero) is 1. The number of hydrogen-bond donors (Lipinski definition) is 2. The Bertz CT molecular complexity index is 1720. The third kappa shape index (κ3) is 4.17. The van der Waals surface area contributed by atoms with E-state index in [1.807, 2.05) is 0 Å². The number of ether oxygens (including phenoxy) is 1. The number of rotatable bonds is 5. The molecule has 1 aromatic heterocycles. The first-order valence-corrected chi connectivity index (χ1v) is 14.0. The van der Waals surface area contributed by atoms with E-state index in [2.05, 4.69) is 10.2 Å². The number of para-hydroxylation sites is 1. The number of hydrogen-bond acceptors (Lipinski definition) is 7. The predicted octanol–water partition coefficient (Wildman–Crippen LogP) is 4.26. The normalized spacial score (nSPS) is 17.2. The molecule has 194 valence electrons. The van der Waals surface area contributed by atoms with Gasteiger partial charge in [0.2, 0.25) is 5.78 Å². The molecule has 4 aromatic rings. The minimum absolute atomic E-state index is 0.0183. The van der Waals surface area contributed by atoms with Crippen LogP contribution in [0.25, 0.3) is 17.0 Å². The van der Waals surface area contributed by atoms with Crippen LogP contribution in [0.4, 0.5) is 0 Å². The lowest BCUT2D eigenvalue weighted by Gasteiger charge is -2.27. The molecule has 0 spiro atoms. The maximum atomic E-state index is 13.6. The van der Waals surface area contributed by atoms with Gasteiger partial charge in [0.15, 0.2) is 5.76 Å². The molecular weight excluding hydrogens is 526 g/mol. The van der Waals surface area contributed by atoms with E-state index < -0.39 is 10.0 Å². The Balaban J connectivity index is 1.41. The molecule has 1 saturated heterocycles. The Hall–Kier alpha value is -3.63. The van der Waals surface area contributed by atoms with E-state index in [1.54, 1.807) is 48.5 Å². The number of ketones is 1. The highest BCUT2D eigenvalue weighted by molar-refractivity contribution is 7.90. The van der Waals surface area contributed by atoms with Crippen LogP contribution in [0.1, 0.15) is 21.5 Å². The third-order valence-electron chi connectivity index (χ3n) is 6.88. The van der Waals surface area contributed by atoms with Gasteiger partial charge in [0.25, 0.3) is 10.0 Å². The maximum Gasteiger partial charge on any atom is 0.269 e. The van der Waals surface area contributed by atoms with Gasteiger partial charge >= 0.3 is 0 Å². The van der Waals surface area contributed by atoms with Gasteiger partial charge in [0.1, 0.15) is 16.4 Å². The lowest BCUT2D eigenvalue weighted by atomic mass is 10.0. The number of phenolic OH excluding ortho intramolecular Hbond substituents is 1. The van der Waals surface area contributed by atoms with Gasteiger partial charge < -0.3 is 15.2 Å². The van der Waals surface area contributed by atoms with Gasteiger partial charge in [-0.1, -0.05) is 41.9 Å². The summed E-state index contributed by atoms with van der Waals surface area (Å²) in [5, 5.41) is 14.6. The fourth-order valence-corrected chi connectivity index (χ4v) is 6.81. The second kappa shape index (κ2) is 9.59. The Morgan fingerprint density at radius 2 is 1.76 bits per heavy atom. The zero-order valence-electron chi connectivity index (χ0n) is 20.2. The van der Waals surface area contributed by atoms with Gasteiger partial charge in [-0.2, -0.15) is 0 Å². The number of aromatic nitrogens is 1. The minimum atomic E-state index is -4.02. The lowest BCUT2D eigenvalue weighted by Crippen LogP contribution is -2.42. The van der Waals surface area contributed by atoms with Gasteiger partial charge in [0, 0.05) is 49.9 Å². The van der Waals surface area contributed by atoms with Gasteiger partial charge in [-0.3, -0.25) is 9.69 Å². The third-order valence-corrected chi connectivity index (χ3v) is 9.05. The summed E-state index contributed by atoms with van der Waals surface area (Å²) in [6, 6.07) is 16.4. The van der Waals surface area contributed by atoms with E-state index in [-0.39, 0.29) is 27.2 Å². The number of halogens is 1. The molecule has 2 aliphatic heterocycles. The van der Waals surface area contributed by atoms with Crippen LogP contribution in [0, 0.1) is 0 Å². The summed E-state index contributed by atoms with van der Waals surface area (Å²) in [6.07, 6.45) is 3.02. The number of benzene rings is 3. The van der Waals surface area contributed by atoms with Gasteiger partial charge in [-0.25, -0.2) is 12.4 Å². The van der Waals surface area contributed by atoms with Crippen molar-refractivity contribution in [3.8, 4) is 11.5 Å². The minimum Gasteiger partial charge on any atom is -0.507 e. The molecule has 10 heteroatoms. The van der Waals surface area contributed by atoms with Crippen LogP contribution < -0.4 is 10.1 Å². The number of carbonyl (C=O) groups is 1. The molecule has 1 fully saturated rings. The Kier molecular flexibility index (Phi) is 6.23. The van der Waals surface area contributed by atoms with Crippen LogP contribution in [0.3, 0.4) is 0 Å². The SMILES string of the molecule is O=C1C(=Cc2cn(S(=O)(=O)c3ccccc3Cl)c3ccccc23)Oc2c1ccc(O)c2CN1CCNCC1. The summed E-state index contributed by atoms with van der Waals surface area (Å²) in [5.74, 6) is 0.142. The average Bonchev–Trinajstić information content (AvgIpc) is 3.45. The summed E-state index contributed by atoms with van der Waals surface area (Å²) < 4.78 is 34.3. The highest BCUT2D eigenvalue weighted by atomic mass is 35.5. The van der Waals surface area contributed by atoms with Crippen LogP contribution in [0.15, 0.2) is 77.5 Å². The van der Waals surface area contributed by atoms with Gasteiger partial charge in [-0.05, 0) is 36.4 Å². The summed E-state index contributed by atoms with van der Waals surface area (Å²) in [7, 11) is -4.02. The van der Waals surface area contributed by atoms with Crippen LogP contribution in [0.5, 0.6) is 11.5 Å². The standard InChI is InChI=1S/C28H24ClN3O5S/c29-22-6-2-4-8-26(22)38(35,36)32-16-18(19-5-1-3-7-23(19)32)15-25-27(34)20-9-10-24(33)21(28(20)37-25)17-31-13-11-30-12-14-31/h1-10,15-16,30,33H,11-14,17H2. The molecule has 0 atom stereocenters. The van der Waals surface area contributed by atoms with Crippen molar-refractivity contribution in [3.63, 3.8) is 0 Å². The van der Waals surface area contributed by atoms with Crippen molar-refractivity contribution in [1.29, 1.82) is 0 Å². The van der Waals surface area contributed by atoms with E-state index in [0.29, 0.717) is 39.9 Å². The molecule has 0 unspecified atom stereocenters. The van der Waals surface area contributed by atoms with Crippen molar-refractivity contribution in [1.82, 2.24) is 14.2 Å². The van der Waals surface area contributed by atoms with Crippen molar-refractivity contribution >= 4 is 44.4 Å². The van der Waals surface area contributed by atoms with Crippen molar-refractivity contribution in [2.24, 2.45) is 0 Å². The fraction of sp³-hybridized carbons (Fsp3) is 0.179. The average molecular weight is 550 g/mol. The molecule has 6 rings (SSSR count). The van der Waals surface area contributed by atoms with Crippen molar-refractivity contribution < 1.29 is 23.1 Å². The molecule has 3 heterocycles. The van der Waals surface area contributed by atoms with Crippen LogP contribution >= 0.6 is 11.6 Å². The molecule has 8 nitrogen and oxygen atoms in total. The van der Waals surface area contributed by atoms with E-state index >= 15 is 0 Å². The quantitative estimate of drug-likeness (QED) is 0.359. The summed E-state index contributed by atoms with van der Waals surface area (Å²) in [4.78, 5) is 15.5. The van der Waals surface area contributed by atoms with Crippen molar-refractivity contribution in [2.45, 2.75) is 11.4 Å². The first-order valence-electron chi connectivity index (χ1n) is 12.2. The Morgan fingerprint density at radius 1 is 1.03 bits per heavy atom. The summed E-state index contributed by atoms with van der Waals surface area (Å²) >= 11 is 6.23. The summed E-state index contributed by atoms with van der Waals surface area (Å²) in [5.41, 5.74) is 1.87. The van der Waals surface area contributed by atoms with E-state index in [0.717, 1.165) is 26.2 Å². The topological polar surface area (TPSA) is 101 Å². The van der Waals surface area contributed by atoms with E-state index in [9.17, 15) is 18.3 Å². The molecule has 0 bridgehead atoms. The number of piperazine rings is 1. The zero-order chi connectivity index (χ0) is 26.4. The molecule has 0 aliphatic carbocycles. The first-order chi connectivity index (χ1) is 18.3. The van der Waals surface area contributed by atoms with Crippen LogP contribution in [-0.2, 0) is 16.6 Å². The Morgan fingerprint density at radius 3 is 2.55 bits per heavy atom. The number of allylic oxidation sites excluding steroid dienone is 1. The second-order valence-electron chi connectivity index (χ2n) is 9.24. The molecule has 2 N–H and O–H groups in total.